The zero-order valence-electron chi connectivity index (χ0n) is 9.84. The van der Waals surface area contributed by atoms with Crippen molar-refractivity contribution in [1.82, 2.24) is 0 Å². The lowest BCUT2D eigenvalue weighted by atomic mass is 10.3. The average molecular weight is 251 g/mol. The molecular formula is C12H14NO3P. The predicted octanol–water partition coefficient (Wildman–Crippen LogP) is 1.24. The van der Waals surface area contributed by atoms with Gasteiger partial charge in [0, 0.05) is 5.30 Å². The largest absolute Gasteiger partial charge is 0.319 e. The molecule has 0 bridgehead atoms. The monoisotopic (exact) mass is 251 g/mol. The van der Waals surface area contributed by atoms with Crippen LogP contribution in [0.15, 0.2) is 24.3 Å². The molecule has 0 N–H and O–H groups in total. The Labute approximate surface area is 100.0 Å². The van der Waals surface area contributed by atoms with Crippen LogP contribution in [0.4, 0.5) is 5.69 Å². The van der Waals surface area contributed by atoms with Gasteiger partial charge < -0.3 is 9.46 Å². The standard InChI is InChI=1S/C12H14NO3P/c1-17(2,16)11-6-4-3-5-10(11)13-8-9(14)7-12(13)15/h3-6H,7-8H2,1-2H3. The summed E-state index contributed by atoms with van der Waals surface area (Å²) < 4.78 is 12.2. The summed E-state index contributed by atoms with van der Waals surface area (Å²) in [6.07, 6.45) is -0.0495. The van der Waals surface area contributed by atoms with Gasteiger partial charge in [0.25, 0.3) is 0 Å². The summed E-state index contributed by atoms with van der Waals surface area (Å²) in [5.41, 5.74) is 0.608. The van der Waals surface area contributed by atoms with E-state index in [2.05, 4.69) is 0 Å². The van der Waals surface area contributed by atoms with Gasteiger partial charge in [-0.2, -0.15) is 0 Å². The predicted molar refractivity (Wildman–Crippen MR) is 67.5 cm³/mol. The van der Waals surface area contributed by atoms with Crippen LogP contribution in [0.5, 0.6) is 0 Å². The minimum absolute atomic E-state index is 0.0495. The first kappa shape index (κ1) is 12.1. The Kier molecular flexibility index (Phi) is 2.92. The number of amides is 1. The maximum absolute atomic E-state index is 12.2. The van der Waals surface area contributed by atoms with E-state index in [0.29, 0.717) is 11.0 Å². The Morgan fingerprint density at radius 2 is 1.82 bits per heavy atom. The van der Waals surface area contributed by atoms with Crippen molar-refractivity contribution in [3.8, 4) is 0 Å². The van der Waals surface area contributed by atoms with Crippen molar-refractivity contribution in [2.45, 2.75) is 6.42 Å². The van der Waals surface area contributed by atoms with Gasteiger partial charge in [0.2, 0.25) is 5.91 Å². The molecule has 0 spiro atoms. The van der Waals surface area contributed by atoms with Crippen molar-refractivity contribution in [3.05, 3.63) is 24.3 Å². The van der Waals surface area contributed by atoms with Crippen LogP contribution in [0, 0.1) is 0 Å². The third kappa shape index (κ3) is 2.32. The van der Waals surface area contributed by atoms with Gasteiger partial charge in [0.15, 0.2) is 5.78 Å². The van der Waals surface area contributed by atoms with E-state index < -0.39 is 7.14 Å². The van der Waals surface area contributed by atoms with Gasteiger partial charge in [-0.15, -0.1) is 0 Å². The Morgan fingerprint density at radius 1 is 1.18 bits per heavy atom. The van der Waals surface area contributed by atoms with Gasteiger partial charge in [0.1, 0.15) is 7.14 Å². The highest BCUT2D eigenvalue weighted by Gasteiger charge is 2.31. The fourth-order valence-corrected chi connectivity index (χ4v) is 3.14. The van der Waals surface area contributed by atoms with E-state index in [-0.39, 0.29) is 24.7 Å². The molecule has 0 atom stereocenters. The highest BCUT2D eigenvalue weighted by molar-refractivity contribution is 7.70. The van der Waals surface area contributed by atoms with Crippen LogP contribution < -0.4 is 10.2 Å². The van der Waals surface area contributed by atoms with Crippen molar-refractivity contribution in [2.24, 2.45) is 0 Å². The SMILES string of the molecule is CP(C)(=O)c1ccccc1N1CC(=O)CC1=O. The first-order chi connectivity index (χ1) is 7.89. The molecule has 1 aliphatic heterocycles. The normalized spacial score (nSPS) is 16.7. The molecule has 0 saturated carbocycles. The van der Waals surface area contributed by atoms with Crippen LogP contribution in [0.2, 0.25) is 0 Å². The fraction of sp³-hybridized carbons (Fsp3) is 0.333. The van der Waals surface area contributed by atoms with E-state index in [0.717, 1.165) is 0 Å². The molecule has 1 aromatic carbocycles. The maximum Gasteiger partial charge on any atom is 0.234 e. The number of anilines is 1. The number of benzene rings is 1. The van der Waals surface area contributed by atoms with Gasteiger partial charge in [-0.05, 0) is 25.5 Å². The quantitative estimate of drug-likeness (QED) is 0.587. The molecule has 1 aliphatic rings. The van der Waals surface area contributed by atoms with Crippen LogP contribution in [0.25, 0.3) is 0 Å². The molecule has 0 radical (unpaired) electrons. The molecule has 90 valence electrons. The summed E-state index contributed by atoms with van der Waals surface area (Å²) in [5.74, 6) is -0.303. The first-order valence-electron chi connectivity index (χ1n) is 5.36. The lowest BCUT2D eigenvalue weighted by molar-refractivity contribution is -0.121. The first-order valence-corrected chi connectivity index (χ1v) is 7.96. The van der Waals surface area contributed by atoms with Gasteiger partial charge >= 0.3 is 0 Å². The van der Waals surface area contributed by atoms with Crippen LogP contribution in [-0.2, 0) is 14.2 Å². The topological polar surface area (TPSA) is 54.5 Å². The van der Waals surface area contributed by atoms with E-state index in [4.69, 9.17) is 0 Å². The maximum atomic E-state index is 12.2. The molecule has 1 heterocycles. The Hall–Kier alpha value is -1.41. The molecule has 2 rings (SSSR count). The van der Waals surface area contributed by atoms with E-state index >= 15 is 0 Å². The second-order valence-corrected chi connectivity index (χ2v) is 7.72. The third-order valence-electron chi connectivity index (χ3n) is 2.74. The molecule has 0 aromatic heterocycles. The molecule has 5 heteroatoms. The Morgan fingerprint density at radius 3 is 2.35 bits per heavy atom. The third-order valence-corrected chi connectivity index (χ3v) is 4.28. The van der Waals surface area contributed by atoms with Crippen molar-refractivity contribution in [2.75, 3.05) is 24.8 Å². The number of ketones is 1. The van der Waals surface area contributed by atoms with Gasteiger partial charge in [-0.1, -0.05) is 12.1 Å². The van der Waals surface area contributed by atoms with Crippen LogP contribution >= 0.6 is 7.14 Å². The molecule has 1 saturated heterocycles. The number of Topliss-reactive ketones (excluding diaryl/α,β-unsaturated/α-hetero) is 1. The summed E-state index contributed by atoms with van der Waals surface area (Å²) in [6.45, 7) is 3.41. The Balaban J connectivity index is 2.50. The van der Waals surface area contributed by atoms with E-state index in [1.807, 2.05) is 0 Å². The van der Waals surface area contributed by atoms with Gasteiger partial charge in [0.05, 0.1) is 18.7 Å². The van der Waals surface area contributed by atoms with Crippen LogP contribution in [0.1, 0.15) is 6.42 Å². The van der Waals surface area contributed by atoms with E-state index in [1.165, 1.54) is 4.90 Å². The van der Waals surface area contributed by atoms with Crippen molar-refractivity contribution in [1.29, 1.82) is 0 Å². The minimum atomic E-state index is -2.46. The number of nitrogens with zero attached hydrogens (tertiary/aromatic N) is 1. The van der Waals surface area contributed by atoms with Gasteiger partial charge in [-0.25, -0.2) is 0 Å². The number of rotatable bonds is 2. The molecule has 0 aliphatic carbocycles. The number of para-hydroxylation sites is 1. The zero-order valence-corrected chi connectivity index (χ0v) is 10.7. The summed E-state index contributed by atoms with van der Waals surface area (Å²) in [7, 11) is -2.46. The van der Waals surface area contributed by atoms with Gasteiger partial charge in [-0.3, -0.25) is 9.59 Å². The highest BCUT2D eigenvalue weighted by Crippen LogP contribution is 2.39. The molecule has 1 fully saturated rings. The lowest BCUT2D eigenvalue weighted by Gasteiger charge is -2.20. The smallest absolute Gasteiger partial charge is 0.234 e. The van der Waals surface area contributed by atoms with E-state index in [9.17, 15) is 14.2 Å². The second-order valence-electron chi connectivity index (χ2n) is 4.53. The zero-order chi connectivity index (χ0) is 12.6. The van der Waals surface area contributed by atoms with Crippen LogP contribution in [0.3, 0.4) is 0 Å². The number of carbonyl (C=O) groups excluding carboxylic acids is 2. The van der Waals surface area contributed by atoms with Crippen LogP contribution in [-0.4, -0.2) is 31.6 Å². The number of carbonyl (C=O) groups is 2. The van der Waals surface area contributed by atoms with Crippen molar-refractivity contribution in [3.63, 3.8) is 0 Å². The lowest BCUT2D eigenvalue weighted by Crippen LogP contribution is -2.29. The molecule has 4 nitrogen and oxygen atoms in total. The molecule has 1 amide bonds. The van der Waals surface area contributed by atoms with Crippen molar-refractivity contribution < 1.29 is 14.2 Å². The summed E-state index contributed by atoms with van der Waals surface area (Å²) >= 11 is 0. The number of hydrogen-bond acceptors (Lipinski definition) is 3. The summed E-state index contributed by atoms with van der Waals surface area (Å²) in [5, 5.41) is 0.656. The fourth-order valence-electron chi connectivity index (χ4n) is 1.95. The molecule has 17 heavy (non-hydrogen) atoms. The minimum Gasteiger partial charge on any atom is -0.319 e. The number of hydrogen-bond donors (Lipinski definition) is 0. The average Bonchev–Trinajstić information content (AvgIpc) is 2.56. The summed E-state index contributed by atoms with van der Waals surface area (Å²) in [6, 6.07) is 7.07. The summed E-state index contributed by atoms with van der Waals surface area (Å²) in [4.78, 5) is 24.4. The van der Waals surface area contributed by atoms with E-state index in [1.54, 1.807) is 37.6 Å². The molecular weight excluding hydrogens is 237 g/mol. The highest BCUT2D eigenvalue weighted by atomic mass is 31.2. The van der Waals surface area contributed by atoms with Crippen molar-refractivity contribution >= 4 is 29.8 Å². The molecule has 0 unspecified atom stereocenters. The Bertz CT molecular complexity index is 532. The second kappa shape index (κ2) is 4.11. The molecule has 1 aromatic rings.